The van der Waals surface area contributed by atoms with Crippen molar-refractivity contribution in [2.45, 2.75) is 13.5 Å². The molecule has 3 rings (SSSR count). The largest absolute Gasteiger partial charge is 0.378 e. The van der Waals surface area contributed by atoms with Gasteiger partial charge in [-0.05, 0) is 48.2 Å². The van der Waals surface area contributed by atoms with Crippen LogP contribution in [0.2, 0.25) is 0 Å². The second-order valence-electron chi connectivity index (χ2n) is 6.53. The Morgan fingerprint density at radius 3 is 2.60 bits per heavy atom. The van der Waals surface area contributed by atoms with E-state index in [1.165, 1.54) is 21.0 Å². The number of aryl methyl sites for hydroxylation is 1. The fourth-order valence-electron chi connectivity index (χ4n) is 2.98. The molecule has 2 heterocycles. The summed E-state index contributed by atoms with van der Waals surface area (Å²) < 4.78 is 5.38. The first kappa shape index (κ1) is 17.9. The molecular weight excluding hydrogens is 334 g/mol. The zero-order valence-corrected chi connectivity index (χ0v) is 15.7. The summed E-state index contributed by atoms with van der Waals surface area (Å²) in [6, 6.07) is 10.2. The normalized spacial score (nSPS) is 15.8. The second kappa shape index (κ2) is 8.47. The molecule has 2 aromatic rings. The van der Waals surface area contributed by atoms with Gasteiger partial charge < -0.3 is 19.9 Å². The summed E-state index contributed by atoms with van der Waals surface area (Å²) in [6.07, 6.45) is 0. The first-order chi connectivity index (χ1) is 12.1. The minimum absolute atomic E-state index is 0.0471. The van der Waals surface area contributed by atoms with Crippen molar-refractivity contribution >= 4 is 28.6 Å². The van der Waals surface area contributed by atoms with Crippen molar-refractivity contribution in [3.8, 4) is 0 Å². The topological polar surface area (TPSA) is 46.0 Å². The van der Waals surface area contributed by atoms with Gasteiger partial charge in [-0.15, -0.1) is 11.3 Å². The lowest BCUT2D eigenvalue weighted by Gasteiger charge is -2.28. The fraction of sp³-hybridized carbons (Fsp3) is 0.421. The van der Waals surface area contributed by atoms with E-state index >= 15 is 0 Å². The van der Waals surface area contributed by atoms with Gasteiger partial charge in [-0.2, -0.15) is 0 Å². The van der Waals surface area contributed by atoms with Crippen LogP contribution in [0.3, 0.4) is 0 Å². The molecule has 0 bridgehead atoms. The van der Waals surface area contributed by atoms with E-state index in [9.17, 15) is 4.79 Å². The van der Waals surface area contributed by atoms with Crippen LogP contribution in [-0.2, 0) is 16.1 Å². The summed E-state index contributed by atoms with van der Waals surface area (Å²) in [7, 11) is 2.06. The van der Waals surface area contributed by atoms with Gasteiger partial charge in [0.2, 0.25) is 0 Å². The van der Waals surface area contributed by atoms with Crippen molar-refractivity contribution in [2.24, 2.45) is 0 Å². The van der Waals surface area contributed by atoms with Crippen LogP contribution in [0.1, 0.15) is 10.4 Å². The molecule has 0 saturated carbocycles. The van der Waals surface area contributed by atoms with Crippen LogP contribution >= 0.6 is 11.3 Å². The first-order valence-corrected chi connectivity index (χ1v) is 9.56. The number of nitrogens with zero attached hydrogens (tertiary/aromatic N) is 1. The molecule has 25 heavy (non-hydrogen) atoms. The standard InChI is InChI=1S/C19H25N3O2S/c1-15-7-12-25-18(15)13-21(2)14-19(23)20-16-3-5-17(6-4-16)22-8-10-24-11-9-22/h3-7,12H,8-11,13-14H2,1-2H3,(H,20,23)/p+1. The van der Waals surface area contributed by atoms with Crippen LogP contribution in [0, 0.1) is 6.92 Å². The fourth-order valence-corrected chi connectivity index (χ4v) is 4.00. The Kier molecular flexibility index (Phi) is 6.07. The number of thiophene rings is 1. The SMILES string of the molecule is Cc1ccsc1C[NH+](C)CC(=O)Nc1ccc(N2CCOCC2)cc1. The quantitative estimate of drug-likeness (QED) is 0.822. The van der Waals surface area contributed by atoms with Crippen LogP contribution in [-0.4, -0.2) is 45.8 Å². The molecule has 2 N–H and O–H groups in total. The Hall–Kier alpha value is -1.89. The Morgan fingerprint density at radius 1 is 1.24 bits per heavy atom. The maximum atomic E-state index is 12.3. The molecule has 1 aromatic heterocycles. The van der Waals surface area contributed by atoms with Gasteiger partial charge in [0.25, 0.3) is 5.91 Å². The molecule has 0 radical (unpaired) electrons. The minimum Gasteiger partial charge on any atom is -0.378 e. The summed E-state index contributed by atoms with van der Waals surface area (Å²) in [6.45, 7) is 6.85. The molecule has 1 saturated heterocycles. The van der Waals surface area contributed by atoms with Gasteiger partial charge in [-0.1, -0.05) is 0 Å². The number of carbonyl (C=O) groups excluding carboxylic acids is 1. The van der Waals surface area contributed by atoms with Crippen LogP contribution in [0.4, 0.5) is 11.4 Å². The summed E-state index contributed by atoms with van der Waals surface area (Å²) in [4.78, 5) is 17.1. The van der Waals surface area contributed by atoms with Crippen molar-refractivity contribution in [3.05, 3.63) is 46.2 Å². The molecule has 1 amide bonds. The Labute approximate surface area is 153 Å². The molecule has 134 valence electrons. The van der Waals surface area contributed by atoms with Crippen molar-refractivity contribution in [1.82, 2.24) is 0 Å². The molecule has 0 spiro atoms. The molecule has 0 aliphatic carbocycles. The number of morpholine rings is 1. The van der Waals surface area contributed by atoms with E-state index < -0.39 is 0 Å². The number of nitrogens with one attached hydrogen (secondary N) is 2. The van der Waals surface area contributed by atoms with Crippen LogP contribution in [0.15, 0.2) is 35.7 Å². The van der Waals surface area contributed by atoms with Gasteiger partial charge in [-0.3, -0.25) is 4.79 Å². The van der Waals surface area contributed by atoms with Crippen LogP contribution in [0.25, 0.3) is 0 Å². The number of hydrogen-bond donors (Lipinski definition) is 2. The average molecular weight is 361 g/mol. The molecule has 1 fully saturated rings. The first-order valence-electron chi connectivity index (χ1n) is 8.68. The number of ether oxygens (including phenoxy) is 1. The zero-order valence-electron chi connectivity index (χ0n) is 14.9. The number of rotatable bonds is 6. The molecule has 1 aliphatic heterocycles. The van der Waals surface area contributed by atoms with Gasteiger partial charge in [0.05, 0.1) is 25.1 Å². The highest BCUT2D eigenvalue weighted by atomic mass is 32.1. The Balaban J connectivity index is 1.49. The number of quaternary nitrogens is 1. The lowest BCUT2D eigenvalue weighted by atomic mass is 10.2. The third kappa shape index (κ3) is 5.04. The molecular formula is C19H26N3O2S+. The van der Waals surface area contributed by atoms with Crippen molar-refractivity contribution in [2.75, 3.05) is 50.1 Å². The second-order valence-corrected chi connectivity index (χ2v) is 7.53. The number of anilines is 2. The molecule has 6 heteroatoms. The highest BCUT2D eigenvalue weighted by molar-refractivity contribution is 7.10. The van der Waals surface area contributed by atoms with Crippen molar-refractivity contribution in [1.29, 1.82) is 0 Å². The van der Waals surface area contributed by atoms with Crippen LogP contribution in [0.5, 0.6) is 0 Å². The maximum Gasteiger partial charge on any atom is 0.279 e. The van der Waals surface area contributed by atoms with E-state index in [1.807, 2.05) is 12.1 Å². The van der Waals surface area contributed by atoms with E-state index in [1.54, 1.807) is 11.3 Å². The summed E-state index contributed by atoms with van der Waals surface area (Å²) in [5, 5.41) is 5.10. The van der Waals surface area contributed by atoms with Gasteiger partial charge >= 0.3 is 0 Å². The predicted octanol–water partition coefficient (Wildman–Crippen LogP) is 1.55. The van der Waals surface area contributed by atoms with Gasteiger partial charge in [0.1, 0.15) is 6.54 Å². The van der Waals surface area contributed by atoms with Gasteiger partial charge in [0, 0.05) is 24.5 Å². The molecule has 1 unspecified atom stereocenters. The zero-order chi connectivity index (χ0) is 17.6. The summed E-state index contributed by atoms with van der Waals surface area (Å²) >= 11 is 1.76. The maximum absolute atomic E-state index is 12.3. The molecule has 1 aliphatic rings. The molecule has 1 atom stereocenters. The molecule has 1 aromatic carbocycles. The third-order valence-electron chi connectivity index (χ3n) is 4.42. The van der Waals surface area contributed by atoms with E-state index in [2.05, 4.69) is 47.8 Å². The highest BCUT2D eigenvalue weighted by Gasteiger charge is 2.14. The Morgan fingerprint density at radius 2 is 1.96 bits per heavy atom. The van der Waals surface area contributed by atoms with Gasteiger partial charge in [-0.25, -0.2) is 0 Å². The van der Waals surface area contributed by atoms with Gasteiger partial charge in [0.15, 0.2) is 6.54 Å². The number of benzene rings is 1. The predicted molar refractivity (Wildman–Crippen MR) is 103 cm³/mol. The summed E-state index contributed by atoms with van der Waals surface area (Å²) in [5.41, 5.74) is 3.34. The smallest absolute Gasteiger partial charge is 0.279 e. The lowest BCUT2D eigenvalue weighted by molar-refractivity contribution is -0.884. The monoisotopic (exact) mass is 360 g/mol. The molecule has 5 nitrogen and oxygen atoms in total. The van der Waals surface area contributed by atoms with Crippen molar-refractivity contribution < 1.29 is 14.4 Å². The highest BCUT2D eigenvalue weighted by Crippen LogP contribution is 2.19. The average Bonchev–Trinajstić information content (AvgIpc) is 3.01. The van der Waals surface area contributed by atoms with E-state index in [0.29, 0.717) is 6.54 Å². The number of carbonyl (C=O) groups is 1. The minimum atomic E-state index is 0.0471. The van der Waals surface area contributed by atoms with E-state index in [0.717, 1.165) is 38.5 Å². The number of amides is 1. The number of likely N-dealkylation sites (N-methyl/N-ethyl adjacent to an activating group) is 1. The van der Waals surface area contributed by atoms with E-state index in [-0.39, 0.29) is 5.91 Å². The third-order valence-corrected chi connectivity index (χ3v) is 5.44. The van der Waals surface area contributed by atoms with Crippen molar-refractivity contribution in [3.63, 3.8) is 0 Å². The lowest BCUT2D eigenvalue weighted by Crippen LogP contribution is -3.08. The summed E-state index contributed by atoms with van der Waals surface area (Å²) in [5.74, 6) is 0.0471. The Bertz CT molecular complexity index is 693. The number of hydrogen-bond acceptors (Lipinski definition) is 4. The van der Waals surface area contributed by atoms with E-state index in [4.69, 9.17) is 4.74 Å². The van der Waals surface area contributed by atoms with Crippen LogP contribution < -0.4 is 15.1 Å².